The van der Waals surface area contributed by atoms with Gasteiger partial charge < -0.3 is 10.6 Å². The molecule has 1 spiro atoms. The van der Waals surface area contributed by atoms with Gasteiger partial charge in [-0.25, -0.2) is 0 Å². The van der Waals surface area contributed by atoms with Crippen LogP contribution in [0.4, 0.5) is 17.1 Å². The van der Waals surface area contributed by atoms with E-state index in [4.69, 9.17) is 5.73 Å². The fraction of sp³-hybridized carbons (Fsp3) is 0.0769. The van der Waals surface area contributed by atoms with Gasteiger partial charge in [-0.2, -0.15) is 0 Å². The molecule has 0 aromatic heterocycles. The molecule has 0 saturated carbocycles. The first kappa shape index (κ1) is 23.9. The van der Waals surface area contributed by atoms with E-state index in [1.54, 1.807) is 0 Å². The fourth-order valence-corrected chi connectivity index (χ4v) is 7.40. The molecule has 196 valence electrons. The predicted molar refractivity (Wildman–Crippen MR) is 169 cm³/mol. The van der Waals surface area contributed by atoms with E-state index in [0.717, 1.165) is 12.1 Å². The predicted octanol–water partition coefficient (Wildman–Crippen LogP) is 8.88. The Morgan fingerprint density at radius 1 is 0.512 bits per heavy atom. The van der Waals surface area contributed by atoms with Gasteiger partial charge in [0.15, 0.2) is 0 Å². The van der Waals surface area contributed by atoms with Crippen LogP contribution in [-0.4, -0.2) is 0 Å². The highest BCUT2D eigenvalue weighted by Gasteiger charge is 2.50. The number of anilines is 3. The SMILES string of the molecule is NCc1ccccc1-c1cccc2c1Cc1ccccc1C21c2ccccc2N(c2ccccc2)c2ccccc21. The summed E-state index contributed by atoms with van der Waals surface area (Å²) in [4.78, 5) is 2.43. The zero-order chi connectivity index (χ0) is 27.4. The third-order valence-electron chi connectivity index (χ3n) is 9.01. The van der Waals surface area contributed by atoms with Gasteiger partial charge in [0.25, 0.3) is 0 Å². The average molecular weight is 527 g/mol. The number of hydrogen-bond acceptors (Lipinski definition) is 2. The van der Waals surface area contributed by atoms with Gasteiger partial charge in [-0.15, -0.1) is 0 Å². The van der Waals surface area contributed by atoms with Gasteiger partial charge in [0.1, 0.15) is 0 Å². The minimum atomic E-state index is -0.462. The second-order valence-corrected chi connectivity index (χ2v) is 11.0. The Bertz CT molecular complexity index is 1870. The van der Waals surface area contributed by atoms with Crippen LogP contribution in [0.1, 0.15) is 38.9 Å². The molecule has 8 rings (SSSR count). The van der Waals surface area contributed by atoms with Crippen molar-refractivity contribution >= 4 is 17.1 Å². The number of benzene rings is 6. The van der Waals surface area contributed by atoms with Crippen LogP contribution in [-0.2, 0) is 18.4 Å². The summed E-state index contributed by atoms with van der Waals surface area (Å²) in [6.07, 6.45) is 0.884. The fourth-order valence-electron chi connectivity index (χ4n) is 7.40. The zero-order valence-electron chi connectivity index (χ0n) is 22.8. The van der Waals surface area contributed by atoms with Crippen LogP contribution in [0.25, 0.3) is 11.1 Å². The van der Waals surface area contributed by atoms with Gasteiger partial charge in [-0.1, -0.05) is 121 Å². The van der Waals surface area contributed by atoms with Crippen LogP contribution in [0, 0.1) is 0 Å². The van der Waals surface area contributed by atoms with Crippen molar-refractivity contribution in [2.75, 3.05) is 4.90 Å². The van der Waals surface area contributed by atoms with Crippen molar-refractivity contribution in [3.8, 4) is 11.1 Å². The third-order valence-corrected chi connectivity index (χ3v) is 9.01. The summed E-state index contributed by atoms with van der Waals surface area (Å²) in [7, 11) is 0. The molecular formula is C39H30N2. The molecule has 2 heteroatoms. The third kappa shape index (κ3) is 3.35. The van der Waals surface area contributed by atoms with E-state index in [9.17, 15) is 0 Å². The number of para-hydroxylation sites is 3. The van der Waals surface area contributed by atoms with Crippen LogP contribution in [0.5, 0.6) is 0 Å². The Balaban J connectivity index is 1.52. The summed E-state index contributed by atoms with van der Waals surface area (Å²) in [5.41, 5.74) is 21.2. The molecule has 6 aromatic rings. The summed E-state index contributed by atoms with van der Waals surface area (Å²) < 4.78 is 0. The summed E-state index contributed by atoms with van der Waals surface area (Å²) in [5.74, 6) is 0. The van der Waals surface area contributed by atoms with E-state index in [0.29, 0.717) is 6.54 Å². The maximum absolute atomic E-state index is 6.27. The number of hydrogen-bond donors (Lipinski definition) is 1. The largest absolute Gasteiger partial charge is 0.326 e. The molecule has 1 aliphatic carbocycles. The molecule has 2 aliphatic rings. The van der Waals surface area contributed by atoms with Crippen LogP contribution in [0.15, 0.2) is 146 Å². The van der Waals surface area contributed by atoms with Gasteiger partial charge in [0.05, 0.1) is 16.8 Å². The second kappa shape index (κ2) is 9.33. The molecule has 0 atom stereocenters. The quantitative estimate of drug-likeness (QED) is 0.249. The standard InChI is InChI=1S/C39H30N2/c40-26-28-14-4-6-17-30(28)31-18-12-22-34-32(31)25-27-13-5-7-19-33(27)39(34)35-20-8-10-23-37(35)41(29-15-2-1-3-16-29)38-24-11-9-21-36(38)39/h1-24H,25-26,40H2. The summed E-state index contributed by atoms with van der Waals surface area (Å²) >= 11 is 0. The Morgan fingerprint density at radius 3 is 1.80 bits per heavy atom. The summed E-state index contributed by atoms with van der Waals surface area (Å²) in [5, 5.41) is 0. The molecule has 0 amide bonds. The molecule has 2 nitrogen and oxygen atoms in total. The molecule has 0 saturated heterocycles. The number of nitrogens with two attached hydrogens (primary N) is 1. The highest BCUT2D eigenvalue weighted by Crippen LogP contribution is 2.60. The number of rotatable bonds is 3. The van der Waals surface area contributed by atoms with Gasteiger partial charge >= 0.3 is 0 Å². The Morgan fingerprint density at radius 2 is 1.07 bits per heavy atom. The molecule has 0 unspecified atom stereocenters. The van der Waals surface area contributed by atoms with E-state index >= 15 is 0 Å². The number of nitrogens with zero attached hydrogens (tertiary/aromatic N) is 1. The zero-order valence-corrected chi connectivity index (χ0v) is 22.8. The Labute approximate surface area is 241 Å². The topological polar surface area (TPSA) is 29.3 Å². The summed E-state index contributed by atoms with van der Waals surface area (Å²) in [6, 6.07) is 53.3. The number of fused-ring (bicyclic) bond motifs is 8. The van der Waals surface area contributed by atoms with Gasteiger partial charge in [0, 0.05) is 12.2 Å². The van der Waals surface area contributed by atoms with Crippen molar-refractivity contribution in [1.82, 2.24) is 0 Å². The summed E-state index contributed by atoms with van der Waals surface area (Å²) in [6.45, 7) is 0.513. The van der Waals surface area contributed by atoms with Crippen molar-refractivity contribution in [3.05, 3.63) is 185 Å². The lowest BCUT2D eigenvalue weighted by Crippen LogP contribution is -2.41. The molecule has 1 heterocycles. The smallest absolute Gasteiger partial charge is 0.0748 e. The van der Waals surface area contributed by atoms with Crippen molar-refractivity contribution in [2.24, 2.45) is 5.73 Å². The minimum Gasteiger partial charge on any atom is -0.326 e. The minimum absolute atomic E-state index is 0.462. The second-order valence-electron chi connectivity index (χ2n) is 11.0. The molecule has 1 aliphatic heterocycles. The lowest BCUT2D eigenvalue weighted by molar-refractivity contribution is 0.693. The monoisotopic (exact) mass is 526 g/mol. The van der Waals surface area contributed by atoms with Gasteiger partial charge in [-0.3, -0.25) is 0 Å². The van der Waals surface area contributed by atoms with Crippen LogP contribution < -0.4 is 10.6 Å². The van der Waals surface area contributed by atoms with Crippen molar-refractivity contribution in [2.45, 2.75) is 18.4 Å². The van der Waals surface area contributed by atoms with E-state index < -0.39 is 5.41 Å². The lowest BCUT2D eigenvalue weighted by atomic mass is 9.57. The highest BCUT2D eigenvalue weighted by molar-refractivity contribution is 5.91. The van der Waals surface area contributed by atoms with E-state index in [1.165, 1.54) is 61.4 Å². The molecular weight excluding hydrogens is 496 g/mol. The molecule has 41 heavy (non-hydrogen) atoms. The van der Waals surface area contributed by atoms with Crippen molar-refractivity contribution < 1.29 is 0 Å². The molecule has 6 aromatic carbocycles. The molecule has 0 bridgehead atoms. The van der Waals surface area contributed by atoms with Crippen LogP contribution in [0.3, 0.4) is 0 Å². The average Bonchev–Trinajstić information content (AvgIpc) is 3.05. The first-order valence-corrected chi connectivity index (χ1v) is 14.4. The normalized spacial score (nSPS) is 14.1. The lowest BCUT2D eigenvalue weighted by Gasteiger charge is -2.49. The van der Waals surface area contributed by atoms with Crippen molar-refractivity contribution in [1.29, 1.82) is 0 Å². The van der Waals surface area contributed by atoms with E-state index in [1.807, 2.05) is 0 Å². The molecule has 2 N–H and O–H groups in total. The first-order valence-electron chi connectivity index (χ1n) is 14.4. The molecule has 0 radical (unpaired) electrons. The maximum Gasteiger partial charge on any atom is 0.0748 e. The Kier molecular flexibility index (Phi) is 5.44. The van der Waals surface area contributed by atoms with Crippen molar-refractivity contribution in [3.63, 3.8) is 0 Å². The maximum atomic E-state index is 6.27. The van der Waals surface area contributed by atoms with E-state index in [-0.39, 0.29) is 0 Å². The Hall–Kier alpha value is -4.92. The van der Waals surface area contributed by atoms with Crippen LogP contribution >= 0.6 is 0 Å². The molecule has 0 fully saturated rings. The van der Waals surface area contributed by atoms with E-state index in [2.05, 4.69) is 150 Å². The highest BCUT2D eigenvalue weighted by atomic mass is 15.2. The van der Waals surface area contributed by atoms with Crippen LogP contribution in [0.2, 0.25) is 0 Å². The first-order chi connectivity index (χ1) is 20.3. The van der Waals surface area contributed by atoms with Gasteiger partial charge in [0.2, 0.25) is 0 Å². The van der Waals surface area contributed by atoms with Gasteiger partial charge in [-0.05, 0) is 80.8 Å².